The summed E-state index contributed by atoms with van der Waals surface area (Å²) in [6.45, 7) is 5.62. The Morgan fingerprint density at radius 2 is 1.71 bits per heavy atom. The van der Waals surface area contributed by atoms with Crippen LogP contribution in [0.4, 0.5) is 16.2 Å². The molecule has 0 saturated carbocycles. The molecule has 4 rings (SSSR count). The summed E-state index contributed by atoms with van der Waals surface area (Å²) in [4.78, 5) is 17.0. The first-order chi connectivity index (χ1) is 16.3. The van der Waals surface area contributed by atoms with Gasteiger partial charge in [0.25, 0.3) is 10.0 Å². The Balaban J connectivity index is 1.59. The standard InChI is InChI=1S/C26H29N3O4S/c1-19-8-11-23(12-9-19)34(31,32)27-22-10-13-25(33-3)24(17-22)29-15-5-14-28(26(29)30)18-21-7-4-6-20(2)16-21/h4,6-13,16-17,27H,5,14-15,18H2,1-3H3. The molecule has 0 aliphatic carbocycles. The van der Waals surface area contributed by atoms with Crippen LogP contribution < -0.4 is 14.4 Å². The SMILES string of the molecule is COc1ccc(NS(=O)(=O)c2ccc(C)cc2)cc1N1CCCN(Cc2cccc(C)c2)C1=O. The Morgan fingerprint density at radius 3 is 2.41 bits per heavy atom. The molecule has 0 atom stereocenters. The average Bonchev–Trinajstić information content (AvgIpc) is 2.80. The number of anilines is 2. The van der Waals surface area contributed by atoms with E-state index in [9.17, 15) is 13.2 Å². The maximum Gasteiger partial charge on any atom is 0.324 e. The average molecular weight is 480 g/mol. The number of sulfonamides is 1. The molecule has 0 bridgehead atoms. The molecule has 3 aromatic carbocycles. The Kier molecular flexibility index (Phi) is 6.79. The summed E-state index contributed by atoms with van der Waals surface area (Å²) in [6, 6.07) is 19.6. The van der Waals surface area contributed by atoms with Gasteiger partial charge in [0, 0.05) is 19.6 Å². The number of carbonyl (C=O) groups excluding carboxylic acids is 1. The van der Waals surface area contributed by atoms with Gasteiger partial charge in [-0.1, -0.05) is 47.5 Å². The topological polar surface area (TPSA) is 79.0 Å². The van der Waals surface area contributed by atoms with E-state index in [0.717, 1.165) is 23.1 Å². The number of methoxy groups -OCH3 is 1. The summed E-state index contributed by atoms with van der Waals surface area (Å²) < 4.78 is 33.9. The molecule has 8 heteroatoms. The van der Waals surface area contributed by atoms with Crippen LogP contribution in [0.2, 0.25) is 0 Å². The largest absolute Gasteiger partial charge is 0.495 e. The van der Waals surface area contributed by atoms with Gasteiger partial charge in [0.2, 0.25) is 0 Å². The lowest BCUT2D eigenvalue weighted by molar-refractivity contribution is 0.192. The summed E-state index contributed by atoms with van der Waals surface area (Å²) in [5, 5.41) is 0. The minimum atomic E-state index is -3.77. The van der Waals surface area contributed by atoms with E-state index in [2.05, 4.69) is 10.8 Å². The Hall–Kier alpha value is -3.52. The molecule has 178 valence electrons. The van der Waals surface area contributed by atoms with E-state index in [-0.39, 0.29) is 10.9 Å². The summed E-state index contributed by atoms with van der Waals surface area (Å²) in [6.07, 6.45) is 0.792. The second kappa shape index (κ2) is 9.77. The molecule has 1 aliphatic rings. The fourth-order valence-electron chi connectivity index (χ4n) is 4.08. The molecular formula is C26H29N3O4S. The minimum Gasteiger partial charge on any atom is -0.495 e. The molecule has 0 aromatic heterocycles. The van der Waals surface area contributed by atoms with Crippen LogP contribution >= 0.6 is 0 Å². The summed E-state index contributed by atoms with van der Waals surface area (Å²) in [7, 11) is -2.24. The first-order valence-electron chi connectivity index (χ1n) is 11.2. The first-order valence-corrected chi connectivity index (χ1v) is 12.6. The van der Waals surface area contributed by atoms with Crippen LogP contribution in [0.3, 0.4) is 0 Å². The van der Waals surface area contributed by atoms with Crippen LogP contribution in [0.15, 0.2) is 71.6 Å². The maximum absolute atomic E-state index is 13.4. The molecule has 34 heavy (non-hydrogen) atoms. The van der Waals surface area contributed by atoms with Gasteiger partial charge in [0.1, 0.15) is 5.75 Å². The highest BCUT2D eigenvalue weighted by molar-refractivity contribution is 7.92. The predicted molar refractivity (Wildman–Crippen MR) is 134 cm³/mol. The number of benzene rings is 3. The number of nitrogens with one attached hydrogen (secondary N) is 1. The third kappa shape index (κ3) is 5.17. The van der Waals surface area contributed by atoms with Gasteiger partial charge in [-0.2, -0.15) is 0 Å². The van der Waals surface area contributed by atoms with Crippen molar-refractivity contribution in [3.05, 3.63) is 83.4 Å². The van der Waals surface area contributed by atoms with E-state index in [1.807, 2.05) is 32.0 Å². The van der Waals surface area contributed by atoms with Crippen molar-refractivity contribution in [2.24, 2.45) is 0 Å². The summed E-state index contributed by atoms with van der Waals surface area (Å²) in [5.41, 5.74) is 4.09. The van der Waals surface area contributed by atoms with Crippen molar-refractivity contribution >= 4 is 27.4 Å². The zero-order valence-corrected chi connectivity index (χ0v) is 20.4. The highest BCUT2D eigenvalue weighted by atomic mass is 32.2. The van der Waals surface area contributed by atoms with Crippen LogP contribution in [-0.2, 0) is 16.6 Å². The number of urea groups is 1. The lowest BCUT2D eigenvalue weighted by atomic mass is 10.1. The predicted octanol–water partition coefficient (Wildman–Crippen LogP) is 4.95. The second-order valence-corrected chi connectivity index (χ2v) is 10.2. The molecule has 1 saturated heterocycles. The number of nitrogens with zero attached hydrogens (tertiary/aromatic N) is 2. The number of ether oxygens (including phenoxy) is 1. The van der Waals surface area contributed by atoms with E-state index in [1.54, 1.807) is 52.3 Å². The number of hydrogen-bond acceptors (Lipinski definition) is 4. The normalized spacial score (nSPS) is 14.3. The fourth-order valence-corrected chi connectivity index (χ4v) is 5.13. The van der Waals surface area contributed by atoms with Gasteiger partial charge in [0.05, 0.1) is 23.4 Å². The van der Waals surface area contributed by atoms with Crippen LogP contribution in [0, 0.1) is 13.8 Å². The lowest BCUT2D eigenvalue weighted by Crippen LogP contribution is -2.49. The van der Waals surface area contributed by atoms with Gasteiger partial charge in [0.15, 0.2) is 0 Å². The van der Waals surface area contributed by atoms with Gasteiger partial charge in [-0.15, -0.1) is 0 Å². The van der Waals surface area contributed by atoms with Crippen molar-refractivity contribution in [3.63, 3.8) is 0 Å². The molecule has 7 nitrogen and oxygen atoms in total. The van der Waals surface area contributed by atoms with Crippen molar-refractivity contribution in [2.75, 3.05) is 29.8 Å². The number of rotatable bonds is 7. The van der Waals surface area contributed by atoms with Crippen molar-refractivity contribution in [2.45, 2.75) is 31.7 Å². The molecule has 2 amide bonds. The molecule has 0 spiro atoms. The molecule has 1 aliphatic heterocycles. The Bertz CT molecular complexity index is 1290. The first kappa shape index (κ1) is 23.6. The van der Waals surface area contributed by atoms with E-state index >= 15 is 0 Å². The quantitative estimate of drug-likeness (QED) is 0.520. The number of hydrogen-bond donors (Lipinski definition) is 1. The van der Waals surface area contributed by atoms with Crippen molar-refractivity contribution < 1.29 is 17.9 Å². The van der Waals surface area contributed by atoms with E-state index < -0.39 is 10.0 Å². The van der Waals surface area contributed by atoms with Gasteiger partial charge in [-0.3, -0.25) is 9.62 Å². The van der Waals surface area contributed by atoms with E-state index in [1.165, 1.54) is 7.11 Å². The zero-order valence-electron chi connectivity index (χ0n) is 19.6. The van der Waals surface area contributed by atoms with Crippen LogP contribution in [-0.4, -0.2) is 39.5 Å². The van der Waals surface area contributed by atoms with Crippen LogP contribution in [0.5, 0.6) is 5.75 Å². The molecular weight excluding hydrogens is 450 g/mol. The smallest absolute Gasteiger partial charge is 0.324 e. The van der Waals surface area contributed by atoms with Crippen molar-refractivity contribution in [1.29, 1.82) is 0 Å². The van der Waals surface area contributed by atoms with E-state index in [4.69, 9.17) is 4.74 Å². The molecule has 3 aromatic rings. The van der Waals surface area contributed by atoms with Gasteiger partial charge in [-0.25, -0.2) is 13.2 Å². The van der Waals surface area contributed by atoms with Gasteiger partial charge >= 0.3 is 6.03 Å². The summed E-state index contributed by atoms with van der Waals surface area (Å²) in [5.74, 6) is 0.504. The minimum absolute atomic E-state index is 0.135. The zero-order chi connectivity index (χ0) is 24.3. The Labute approximate surface area is 201 Å². The monoisotopic (exact) mass is 479 g/mol. The molecule has 0 unspecified atom stereocenters. The number of carbonyl (C=O) groups is 1. The second-order valence-electron chi connectivity index (χ2n) is 8.50. The van der Waals surface area contributed by atoms with Gasteiger partial charge in [-0.05, 0) is 56.2 Å². The number of amides is 2. The Morgan fingerprint density at radius 1 is 0.941 bits per heavy atom. The molecule has 1 N–H and O–H groups in total. The molecule has 1 fully saturated rings. The van der Waals surface area contributed by atoms with Crippen molar-refractivity contribution in [1.82, 2.24) is 4.90 Å². The lowest BCUT2D eigenvalue weighted by Gasteiger charge is -2.36. The fraction of sp³-hybridized carbons (Fsp3) is 0.269. The van der Waals surface area contributed by atoms with Crippen LogP contribution in [0.1, 0.15) is 23.1 Å². The van der Waals surface area contributed by atoms with Crippen LogP contribution in [0.25, 0.3) is 0 Å². The third-order valence-corrected chi connectivity index (χ3v) is 7.22. The maximum atomic E-state index is 13.4. The van der Waals surface area contributed by atoms with E-state index in [0.29, 0.717) is 36.8 Å². The third-order valence-electron chi connectivity index (χ3n) is 5.82. The highest BCUT2D eigenvalue weighted by Crippen LogP contribution is 2.34. The highest BCUT2D eigenvalue weighted by Gasteiger charge is 2.29. The molecule has 0 radical (unpaired) electrons. The summed E-state index contributed by atoms with van der Waals surface area (Å²) >= 11 is 0. The van der Waals surface area contributed by atoms with Crippen molar-refractivity contribution in [3.8, 4) is 5.75 Å². The van der Waals surface area contributed by atoms with Gasteiger partial charge < -0.3 is 9.64 Å². The molecule has 1 heterocycles. The number of aryl methyl sites for hydroxylation is 2.